The number of amides is 1. The molecule has 0 aliphatic rings. The Balaban J connectivity index is 1.64. The molecule has 0 fully saturated rings. The van der Waals surface area contributed by atoms with Crippen molar-refractivity contribution in [1.29, 1.82) is 0 Å². The van der Waals surface area contributed by atoms with Gasteiger partial charge in [0.25, 0.3) is 5.69 Å². The maximum absolute atomic E-state index is 12.4. The average Bonchev–Trinajstić information content (AvgIpc) is 3.29. The number of benzene rings is 1. The number of furan rings is 1. The molecular weight excluding hydrogens is 358 g/mol. The van der Waals surface area contributed by atoms with E-state index in [1.807, 2.05) is 0 Å². The van der Waals surface area contributed by atoms with Gasteiger partial charge in [-0.3, -0.25) is 14.9 Å². The summed E-state index contributed by atoms with van der Waals surface area (Å²) < 4.78 is 7.06. The Kier molecular flexibility index (Phi) is 5.03. The predicted octanol–water partition coefficient (Wildman–Crippen LogP) is 2.74. The number of nitro benzene ring substituents is 1. The summed E-state index contributed by atoms with van der Waals surface area (Å²) in [6.45, 7) is 0. The van der Waals surface area contributed by atoms with Crippen molar-refractivity contribution in [1.82, 2.24) is 14.8 Å². The molecule has 0 aliphatic heterocycles. The van der Waals surface area contributed by atoms with Crippen LogP contribution in [0.15, 0.2) is 52.2 Å². The van der Waals surface area contributed by atoms with Crippen molar-refractivity contribution in [3.63, 3.8) is 0 Å². The third-order valence-electron chi connectivity index (χ3n) is 3.72. The average molecular weight is 373 g/mol. The Labute approximate surface area is 152 Å². The normalized spacial score (nSPS) is 10.7. The molecule has 0 aliphatic carbocycles. The standard InChI is InChI=1S/C16H15N5O4S/c1-19(11-5-7-12(8-6-11)21(23)24)14(22)10-26-16-18-17-15(20(16)2)13-4-3-9-25-13/h3-9H,10H2,1-2H3. The number of carbonyl (C=O) groups excluding carboxylic acids is 1. The van der Waals surface area contributed by atoms with Gasteiger partial charge < -0.3 is 13.9 Å². The second-order valence-electron chi connectivity index (χ2n) is 5.36. The zero-order valence-corrected chi connectivity index (χ0v) is 14.8. The highest BCUT2D eigenvalue weighted by Crippen LogP contribution is 2.24. The van der Waals surface area contributed by atoms with E-state index in [2.05, 4.69) is 10.2 Å². The molecule has 0 spiro atoms. The number of hydrogen-bond donors (Lipinski definition) is 0. The first kappa shape index (κ1) is 17.7. The van der Waals surface area contributed by atoms with Crippen LogP contribution in [-0.2, 0) is 11.8 Å². The second kappa shape index (κ2) is 7.40. The molecular formula is C16H15N5O4S. The number of nitro groups is 1. The molecule has 1 amide bonds. The third kappa shape index (κ3) is 3.59. The molecule has 9 nitrogen and oxygen atoms in total. The summed E-state index contributed by atoms with van der Waals surface area (Å²) in [7, 11) is 3.42. The molecule has 1 aromatic carbocycles. The van der Waals surface area contributed by atoms with Crippen LogP contribution in [0, 0.1) is 10.1 Å². The van der Waals surface area contributed by atoms with Crippen LogP contribution in [0.25, 0.3) is 11.6 Å². The lowest BCUT2D eigenvalue weighted by Gasteiger charge is -2.16. The lowest BCUT2D eigenvalue weighted by atomic mass is 10.2. The summed E-state index contributed by atoms with van der Waals surface area (Å²) in [6, 6.07) is 9.36. The zero-order chi connectivity index (χ0) is 18.7. The summed E-state index contributed by atoms with van der Waals surface area (Å²) >= 11 is 1.25. The maximum Gasteiger partial charge on any atom is 0.269 e. The van der Waals surface area contributed by atoms with Crippen LogP contribution in [0.1, 0.15) is 0 Å². The molecule has 3 rings (SSSR count). The minimum atomic E-state index is -0.480. The number of aromatic nitrogens is 3. The van der Waals surface area contributed by atoms with Gasteiger partial charge in [-0.25, -0.2) is 0 Å². The van der Waals surface area contributed by atoms with Crippen molar-refractivity contribution in [2.75, 3.05) is 17.7 Å². The monoisotopic (exact) mass is 373 g/mol. The van der Waals surface area contributed by atoms with Crippen LogP contribution >= 0.6 is 11.8 Å². The fourth-order valence-corrected chi connectivity index (χ4v) is 3.05. The highest BCUT2D eigenvalue weighted by Gasteiger charge is 2.17. The molecule has 0 saturated carbocycles. The molecule has 0 atom stereocenters. The van der Waals surface area contributed by atoms with Crippen LogP contribution in [-0.4, -0.2) is 38.4 Å². The van der Waals surface area contributed by atoms with E-state index in [-0.39, 0.29) is 17.3 Å². The lowest BCUT2D eigenvalue weighted by Crippen LogP contribution is -2.28. The molecule has 10 heteroatoms. The Morgan fingerprint density at radius 2 is 2.04 bits per heavy atom. The first-order valence-electron chi connectivity index (χ1n) is 7.54. The quantitative estimate of drug-likeness (QED) is 0.371. The van der Waals surface area contributed by atoms with Crippen molar-refractivity contribution in [3.05, 3.63) is 52.8 Å². The van der Waals surface area contributed by atoms with Gasteiger partial charge in [0, 0.05) is 31.9 Å². The molecule has 0 N–H and O–H groups in total. The molecule has 3 aromatic rings. The number of hydrogen-bond acceptors (Lipinski definition) is 7. The van der Waals surface area contributed by atoms with Crippen LogP contribution in [0.3, 0.4) is 0 Å². The van der Waals surface area contributed by atoms with E-state index < -0.39 is 4.92 Å². The number of anilines is 1. The van der Waals surface area contributed by atoms with Crippen molar-refractivity contribution in [2.45, 2.75) is 5.16 Å². The molecule has 0 unspecified atom stereocenters. The van der Waals surface area contributed by atoms with E-state index in [1.54, 1.807) is 37.1 Å². The van der Waals surface area contributed by atoms with Gasteiger partial charge in [-0.05, 0) is 24.3 Å². The fourth-order valence-electron chi connectivity index (χ4n) is 2.23. The van der Waals surface area contributed by atoms with E-state index in [9.17, 15) is 14.9 Å². The first-order valence-corrected chi connectivity index (χ1v) is 8.53. The minimum absolute atomic E-state index is 0.0199. The van der Waals surface area contributed by atoms with Crippen LogP contribution < -0.4 is 4.90 Å². The van der Waals surface area contributed by atoms with E-state index in [1.165, 1.54) is 40.9 Å². The molecule has 0 bridgehead atoms. The highest BCUT2D eigenvalue weighted by atomic mass is 32.2. The Bertz CT molecular complexity index is 921. The molecule has 0 saturated heterocycles. The van der Waals surface area contributed by atoms with Crippen LogP contribution in [0.4, 0.5) is 11.4 Å². The van der Waals surface area contributed by atoms with Gasteiger partial charge in [0.2, 0.25) is 5.91 Å². The fraction of sp³-hybridized carbons (Fsp3) is 0.188. The zero-order valence-electron chi connectivity index (χ0n) is 14.0. The van der Waals surface area contributed by atoms with Gasteiger partial charge in [-0.1, -0.05) is 11.8 Å². The SMILES string of the molecule is CN(C(=O)CSc1nnc(-c2ccco2)n1C)c1ccc([N+](=O)[O-])cc1. The number of carbonyl (C=O) groups is 1. The molecule has 2 aromatic heterocycles. The smallest absolute Gasteiger partial charge is 0.269 e. The number of non-ortho nitro benzene ring substituents is 1. The third-order valence-corrected chi connectivity index (χ3v) is 4.73. The van der Waals surface area contributed by atoms with Crippen molar-refractivity contribution < 1.29 is 14.1 Å². The minimum Gasteiger partial charge on any atom is -0.461 e. The topological polar surface area (TPSA) is 107 Å². The van der Waals surface area contributed by atoms with E-state index >= 15 is 0 Å². The van der Waals surface area contributed by atoms with Gasteiger partial charge in [0.1, 0.15) is 0 Å². The number of nitrogens with zero attached hydrogens (tertiary/aromatic N) is 5. The van der Waals surface area contributed by atoms with Crippen LogP contribution in [0.5, 0.6) is 0 Å². The van der Waals surface area contributed by atoms with Gasteiger partial charge in [0.15, 0.2) is 16.7 Å². The maximum atomic E-state index is 12.4. The predicted molar refractivity (Wildman–Crippen MR) is 95.9 cm³/mol. The first-order chi connectivity index (χ1) is 12.5. The van der Waals surface area contributed by atoms with E-state index in [4.69, 9.17) is 4.42 Å². The van der Waals surface area contributed by atoms with Crippen molar-refractivity contribution >= 4 is 29.0 Å². The Morgan fingerprint density at radius 3 is 2.65 bits per heavy atom. The van der Waals surface area contributed by atoms with E-state index in [0.29, 0.717) is 22.4 Å². The summed E-state index contributed by atoms with van der Waals surface area (Å²) in [4.78, 5) is 24.0. The van der Waals surface area contributed by atoms with Gasteiger partial charge in [0.05, 0.1) is 16.9 Å². The lowest BCUT2D eigenvalue weighted by molar-refractivity contribution is -0.384. The Morgan fingerprint density at radius 1 is 1.31 bits per heavy atom. The van der Waals surface area contributed by atoms with Gasteiger partial charge >= 0.3 is 0 Å². The summed E-state index contributed by atoms with van der Waals surface area (Å²) in [5.74, 6) is 1.17. The molecule has 2 heterocycles. The van der Waals surface area contributed by atoms with Crippen molar-refractivity contribution in [3.8, 4) is 11.6 Å². The molecule has 26 heavy (non-hydrogen) atoms. The van der Waals surface area contributed by atoms with Gasteiger partial charge in [-0.15, -0.1) is 10.2 Å². The molecule has 0 radical (unpaired) electrons. The summed E-state index contributed by atoms with van der Waals surface area (Å²) in [5, 5.41) is 19.4. The number of thioether (sulfide) groups is 1. The van der Waals surface area contributed by atoms with Crippen molar-refractivity contribution in [2.24, 2.45) is 7.05 Å². The summed E-state index contributed by atoms with van der Waals surface area (Å²) in [6.07, 6.45) is 1.56. The van der Waals surface area contributed by atoms with Gasteiger partial charge in [-0.2, -0.15) is 0 Å². The Hall–Kier alpha value is -3.14. The molecule has 134 valence electrons. The largest absolute Gasteiger partial charge is 0.461 e. The number of rotatable bonds is 6. The second-order valence-corrected chi connectivity index (χ2v) is 6.30. The van der Waals surface area contributed by atoms with Crippen LogP contribution in [0.2, 0.25) is 0 Å². The summed E-state index contributed by atoms with van der Waals surface area (Å²) in [5.41, 5.74) is 0.559. The van der Waals surface area contributed by atoms with E-state index in [0.717, 1.165) is 0 Å². The highest BCUT2D eigenvalue weighted by molar-refractivity contribution is 7.99.